The average Bonchev–Trinajstić information content (AvgIpc) is 3.32. The van der Waals surface area contributed by atoms with Gasteiger partial charge in [0, 0.05) is 35.5 Å². The van der Waals surface area contributed by atoms with Gasteiger partial charge in [0.05, 0.1) is 0 Å². The van der Waals surface area contributed by atoms with E-state index in [0.717, 1.165) is 42.4 Å². The van der Waals surface area contributed by atoms with Gasteiger partial charge in [0.1, 0.15) is 17.6 Å². The number of amides is 1. The number of benzene rings is 1. The number of piperidine rings is 1. The lowest BCUT2D eigenvalue weighted by molar-refractivity contribution is 0.0178. The van der Waals surface area contributed by atoms with Crippen molar-refractivity contribution in [1.82, 2.24) is 9.88 Å². The van der Waals surface area contributed by atoms with Crippen LogP contribution in [0.5, 0.6) is 0 Å². The van der Waals surface area contributed by atoms with Crippen molar-refractivity contribution in [2.24, 2.45) is 0 Å². The molecule has 1 amide bonds. The zero-order valence-corrected chi connectivity index (χ0v) is 23.4. The zero-order chi connectivity index (χ0) is 26.7. The quantitative estimate of drug-likeness (QED) is 0.278. The van der Waals surface area contributed by atoms with Crippen LogP contribution in [-0.2, 0) is 16.6 Å². The Morgan fingerprint density at radius 3 is 2.42 bits per heavy atom. The highest BCUT2D eigenvalue weighted by Gasteiger charge is 2.42. The second kappa shape index (κ2) is 11.2. The highest BCUT2D eigenvalue weighted by Crippen LogP contribution is 2.47. The molecule has 1 aromatic heterocycles. The highest BCUT2D eigenvalue weighted by atomic mass is 35.5. The number of rotatable bonds is 7. The maximum Gasteiger partial charge on any atom is 0.410 e. The Kier molecular flexibility index (Phi) is 8.71. The molecule has 0 radical (unpaired) electrons. The molecule has 0 atom stereocenters. The summed E-state index contributed by atoms with van der Waals surface area (Å²) in [6.07, 6.45) is 7.00. The maximum absolute atomic E-state index is 12.7. The van der Waals surface area contributed by atoms with E-state index in [2.05, 4.69) is 37.9 Å². The van der Waals surface area contributed by atoms with Crippen molar-refractivity contribution in [3.8, 4) is 11.5 Å². The number of hydrogen-bond acceptors (Lipinski definition) is 5. The number of halogens is 1. The molecule has 1 aliphatic rings. The van der Waals surface area contributed by atoms with Crippen LogP contribution in [0.3, 0.4) is 0 Å². The summed E-state index contributed by atoms with van der Waals surface area (Å²) in [5, 5.41) is 0.653. The van der Waals surface area contributed by atoms with E-state index in [4.69, 9.17) is 20.8 Å². The lowest BCUT2D eigenvalue weighted by Crippen LogP contribution is -2.47. The normalized spacial score (nSPS) is 16.2. The molecule has 7 heteroatoms. The molecule has 0 bridgehead atoms. The topological polar surface area (TPSA) is 72.6 Å². The lowest BCUT2D eigenvalue weighted by atomic mass is 9.66. The molecule has 3 rings (SSSR count). The number of nitrogens with zero attached hydrogens (tertiary/aromatic N) is 2. The number of oxazole rings is 1. The van der Waals surface area contributed by atoms with Gasteiger partial charge in [-0.25, -0.2) is 9.78 Å². The lowest BCUT2D eigenvalue weighted by Gasteiger charge is -2.44. The van der Waals surface area contributed by atoms with Crippen molar-refractivity contribution in [3.63, 3.8) is 0 Å². The van der Waals surface area contributed by atoms with Crippen LogP contribution in [0.25, 0.3) is 11.5 Å². The first-order valence-electron chi connectivity index (χ1n) is 12.9. The second-order valence-electron chi connectivity index (χ2n) is 10.5. The van der Waals surface area contributed by atoms with Gasteiger partial charge in [-0.1, -0.05) is 44.0 Å². The minimum absolute atomic E-state index is 0.0561. The standard InChI is InChI=1S/C29H39ClN2O4/c1-8-11-19(4)29(12-14-32(15-13-29)27(34)36-28(5,6)7)25-20(9-2)16-21(17-22(25)30)26-31-23(18-35-26)24(33)10-3/h11,16-18H,8-10,12-15H2,1-7H3/b19-11-. The Balaban J connectivity index is 2.02. The van der Waals surface area contributed by atoms with Gasteiger partial charge in [0.2, 0.25) is 5.89 Å². The molecule has 1 aliphatic heterocycles. The molecule has 0 N–H and O–H groups in total. The zero-order valence-electron chi connectivity index (χ0n) is 22.7. The Morgan fingerprint density at radius 2 is 1.86 bits per heavy atom. The van der Waals surface area contributed by atoms with Gasteiger partial charge < -0.3 is 14.1 Å². The van der Waals surface area contributed by atoms with Gasteiger partial charge in [0.25, 0.3) is 0 Å². The van der Waals surface area contributed by atoms with Gasteiger partial charge in [-0.3, -0.25) is 4.79 Å². The average molecular weight is 515 g/mol. The molecule has 36 heavy (non-hydrogen) atoms. The van der Waals surface area contributed by atoms with E-state index in [1.54, 1.807) is 11.8 Å². The third-order valence-electron chi connectivity index (χ3n) is 6.92. The van der Waals surface area contributed by atoms with Gasteiger partial charge >= 0.3 is 6.09 Å². The number of aromatic nitrogens is 1. The molecule has 0 spiro atoms. The first-order chi connectivity index (χ1) is 17.0. The number of allylic oxidation sites excluding steroid dienone is 2. The maximum atomic E-state index is 12.7. The molecule has 0 aliphatic carbocycles. The van der Waals surface area contributed by atoms with Gasteiger partial charge in [-0.05, 0) is 76.6 Å². The van der Waals surface area contributed by atoms with E-state index in [-0.39, 0.29) is 17.3 Å². The molecule has 1 aromatic carbocycles. The molecule has 6 nitrogen and oxygen atoms in total. The molecular formula is C29H39ClN2O4. The van der Waals surface area contributed by atoms with Crippen molar-refractivity contribution in [1.29, 1.82) is 0 Å². The number of carbonyl (C=O) groups excluding carboxylic acids is 2. The van der Waals surface area contributed by atoms with E-state index in [9.17, 15) is 9.59 Å². The number of ketones is 1. The molecule has 1 fully saturated rings. The van der Waals surface area contributed by atoms with Crippen LogP contribution >= 0.6 is 11.6 Å². The fraction of sp³-hybridized carbons (Fsp3) is 0.552. The van der Waals surface area contributed by atoms with Crippen molar-refractivity contribution >= 4 is 23.5 Å². The molecular weight excluding hydrogens is 476 g/mol. The van der Waals surface area contributed by atoms with Crippen LogP contribution in [0.2, 0.25) is 5.02 Å². The van der Waals surface area contributed by atoms with Crippen LogP contribution in [0.1, 0.15) is 95.8 Å². The van der Waals surface area contributed by atoms with Crippen LogP contribution in [0.15, 0.2) is 34.5 Å². The van der Waals surface area contributed by atoms with Gasteiger partial charge in [-0.2, -0.15) is 0 Å². The monoisotopic (exact) mass is 514 g/mol. The third-order valence-corrected chi connectivity index (χ3v) is 7.22. The van der Waals surface area contributed by atoms with Crippen LogP contribution in [0, 0.1) is 0 Å². The largest absolute Gasteiger partial charge is 0.444 e. The van der Waals surface area contributed by atoms with E-state index in [1.165, 1.54) is 11.8 Å². The van der Waals surface area contributed by atoms with Crippen molar-refractivity contribution in [2.75, 3.05) is 13.1 Å². The van der Waals surface area contributed by atoms with E-state index >= 15 is 0 Å². The molecule has 2 aromatic rings. The van der Waals surface area contributed by atoms with E-state index < -0.39 is 5.60 Å². The van der Waals surface area contributed by atoms with Gasteiger partial charge in [-0.15, -0.1) is 0 Å². The highest BCUT2D eigenvalue weighted by molar-refractivity contribution is 6.32. The Bertz CT molecular complexity index is 1130. The molecule has 196 valence electrons. The number of likely N-dealkylation sites (tertiary alicyclic amines) is 1. The first kappa shape index (κ1) is 28.0. The van der Waals surface area contributed by atoms with Gasteiger partial charge in [0.15, 0.2) is 5.78 Å². The minimum Gasteiger partial charge on any atom is -0.444 e. The van der Waals surface area contributed by atoms with E-state index in [0.29, 0.717) is 36.1 Å². The Morgan fingerprint density at radius 1 is 1.19 bits per heavy atom. The van der Waals surface area contributed by atoms with Crippen molar-refractivity contribution < 1.29 is 18.7 Å². The molecule has 0 unspecified atom stereocenters. The summed E-state index contributed by atoms with van der Waals surface area (Å²) in [5.74, 6) is 0.337. The predicted molar refractivity (Wildman–Crippen MR) is 144 cm³/mol. The van der Waals surface area contributed by atoms with Crippen LogP contribution in [0.4, 0.5) is 4.79 Å². The summed E-state index contributed by atoms with van der Waals surface area (Å²) in [7, 11) is 0. The smallest absolute Gasteiger partial charge is 0.410 e. The van der Waals surface area contributed by atoms with Crippen molar-refractivity contribution in [3.05, 3.63) is 51.9 Å². The third kappa shape index (κ3) is 5.86. The minimum atomic E-state index is -0.528. The van der Waals surface area contributed by atoms with Crippen LogP contribution in [-0.4, -0.2) is 40.5 Å². The summed E-state index contributed by atoms with van der Waals surface area (Å²) >= 11 is 7.04. The number of Topliss-reactive ketones (excluding diaryl/α,β-unsaturated/α-hetero) is 1. The number of ether oxygens (including phenoxy) is 1. The Hall–Kier alpha value is -2.60. The summed E-state index contributed by atoms with van der Waals surface area (Å²) in [6.45, 7) is 15.1. The van der Waals surface area contributed by atoms with E-state index in [1.807, 2.05) is 26.8 Å². The molecule has 2 heterocycles. The summed E-state index contributed by atoms with van der Waals surface area (Å²) in [5.41, 5.74) is 3.78. The number of hydrogen-bond donors (Lipinski definition) is 0. The number of aryl methyl sites for hydroxylation is 1. The fourth-order valence-electron chi connectivity index (χ4n) is 5.06. The fourth-order valence-corrected chi connectivity index (χ4v) is 5.48. The molecule has 1 saturated heterocycles. The van der Waals surface area contributed by atoms with Crippen molar-refractivity contribution in [2.45, 2.75) is 91.6 Å². The SMILES string of the molecule is CC/C=C(/C)C1(c2c(Cl)cc(-c3nc(C(=O)CC)co3)cc2CC)CCN(C(=O)OC(C)(C)C)CC1. The number of carbonyl (C=O) groups is 2. The molecule has 0 saturated carbocycles. The predicted octanol–water partition coefficient (Wildman–Crippen LogP) is 7.78. The van der Waals surface area contributed by atoms with Crippen LogP contribution < -0.4 is 0 Å². The summed E-state index contributed by atoms with van der Waals surface area (Å²) in [6, 6.07) is 3.97. The summed E-state index contributed by atoms with van der Waals surface area (Å²) < 4.78 is 11.3. The Labute approximate surface area is 220 Å². The summed E-state index contributed by atoms with van der Waals surface area (Å²) in [4.78, 5) is 31.0. The second-order valence-corrected chi connectivity index (χ2v) is 10.9. The first-order valence-corrected chi connectivity index (χ1v) is 13.3.